The molecule has 0 heterocycles. The van der Waals surface area contributed by atoms with Gasteiger partial charge < -0.3 is 0 Å². The van der Waals surface area contributed by atoms with Gasteiger partial charge in [-0.05, 0) is 104 Å². The van der Waals surface area contributed by atoms with Gasteiger partial charge in [-0.1, -0.05) is 136 Å². The molecule has 0 amide bonds. The lowest BCUT2D eigenvalue weighted by Crippen LogP contribution is -2.29. The van der Waals surface area contributed by atoms with Gasteiger partial charge in [-0.15, -0.1) is 0 Å². The summed E-state index contributed by atoms with van der Waals surface area (Å²) in [6, 6.07) is 0. The summed E-state index contributed by atoms with van der Waals surface area (Å²) < 4.78 is 0. The second kappa shape index (κ2) is 22.8. The van der Waals surface area contributed by atoms with Crippen molar-refractivity contribution in [3.8, 4) is 0 Å². The summed E-state index contributed by atoms with van der Waals surface area (Å²) in [7, 11) is 0. The Balaban J connectivity index is 0. The third-order valence-corrected chi connectivity index (χ3v) is 10.2. The normalized spacial score (nSPS) is 20.8. The highest BCUT2D eigenvalue weighted by Crippen LogP contribution is 2.39. The minimum atomic E-state index is 0.869. The van der Waals surface area contributed by atoms with Crippen molar-refractivity contribution in [2.75, 3.05) is 0 Å². The summed E-state index contributed by atoms with van der Waals surface area (Å²) in [5, 5.41) is 0. The van der Waals surface area contributed by atoms with Crippen LogP contribution in [-0.4, -0.2) is 0 Å². The maximum absolute atomic E-state index is 2.54. The van der Waals surface area contributed by atoms with Gasteiger partial charge in [0.15, 0.2) is 0 Å². The molecule has 0 rings (SSSR count). The van der Waals surface area contributed by atoms with E-state index in [0.29, 0.717) is 0 Å². The first-order valence-electron chi connectivity index (χ1n) is 17.2. The Hall–Kier alpha value is 0. The summed E-state index contributed by atoms with van der Waals surface area (Å²) in [4.78, 5) is 0. The molecule has 0 heteroatoms. The molecule has 0 saturated heterocycles. The van der Waals surface area contributed by atoms with E-state index in [1.54, 1.807) is 0 Å². The first kappa shape index (κ1) is 39.1. The van der Waals surface area contributed by atoms with Crippen LogP contribution in [0.1, 0.15) is 174 Å². The predicted molar refractivity (Wildman–Crippen MR) is 174 cm³/mol. The second-order valence-electron chi connectivity index (χ2n) is 14.7. The molecule has 0 bridgehead atoms. The summed E-state index contributed by atoms with van der Waals surface area (Å²) >= 11 is 0. The van der Waals surface area contributed by atoms with Crippen LogP contribution in [0.3, 0.4) is 0 Å². The molecule has 0 aromatic rings. The van der Waals surface area contributed by atoms with Crippen molar-refractivity contribution in [2.45, 2.75) is 174 Å². The minimum Gasteiger partial charge on any atom is -0.0651 e. The monoisotopic (exact) mass is 523 g/mol. The van der Waals surface area contributed by atoms with Crippen LogP contribution in [0.25, 0.3) is 0 Å². The Morgan fingerprint density at radius 3 is 0.676 bits per heavy atom. The van der Waals surface area contributed by atoms with Gasteiger partial charge in [-0.2, -0.15) is 0 Å². The molecule has 0 spiro atoms. The van der Waals surface area contributed by atoms with Crippen LogP contribution in [0.5, 0.6) is 0 Å². The van der Waals surface area contributed by atoms with Crippen LogP contribution in [0.15, 0.2) is 0 Å². The van der Waals surface area contributed by atoms with Crippen molar-refractivity contribution in [3.05, 3.63) is 0 Å². The van der Waals surface area contributed by atoms with Gasteiger partial charge in [0.05, 0.1) is 0 Å². The summed E-state index contributed by atoms with van der Waals surface area (Å²) in [5.74, 6) is 9.80. The molecule has 10 unspecified atom stereocenters. The molecule has 0 N–H and O–H groups in total. The zero-order chi connectivity index (χ0) is 29.1. The summed E-state index contributed by atoms with van der Waals surface area (Å²) in [6.45, 7) is 36.2. The third kappa shape index (κ3) is 19.7. The van der Waals surface area contributed by atoms with Crippen molar-refractivity contribution in [2.24, 2.45) is 65.1 Å². The Bertz CT molecular complexity index is 422. The molecule has 0 fully saturated rings. The standard InChI is InChI=1S/C22H46.C15H32/c1-10-16(4)13-19(7)22(20(8)14-17(5)11-2)21(9)15-18(6)12-3;1-7-12(3)9-14(5)11-15(6)10-13(4)8-2/h16-22H,10-15H2,1-9H3;12-15H,7-11H2,1-6H3. The Labute approximate surface area is 239 Å². The number of hydrogen-bond donors (Lipinski definition) is 0. The average Bonchev–Trinajstić information content (AvgIpc) is 2.83. The summed E-state index contributed by atoms with van der Waals surface area (Å²) in [5.41, 5.74) is 0. The summed E-state index contributed by atoms with van der Waals surface area (Å²) in [6.07, 6.45) is 15.2. The van der Waals surface area contributed by atoms with Gasteiger partial charge in [-0.25, -0.2) is 0 Å². The van der Waals surface area contributed by atoms with E-state index in [9.17, 15) is 0 Å². The zero-order valence-electron chi connectivity index (χ0n) is 29.1. The average molecular weight is 523 g/mol. The van der Waals surface area contributed by atoms with E-state index in [1.165, 1.54) is 70.6 Å². The quantitative estimate of drug-likeness (QED) is 0.149. The van der Waals surface area contributed by atoms with Crippen LogP contribution in [0.4, 0.5) is 0 Å². The van der Waals surface area contributed by atoms with Crippen LogP contribution >= 0.6 is 0 Å². The Morgan fingerprint density at radius 1 is 0.270 bits per heavy atom. The molecule has 10 atom stereocenters. The lowest BCUT2D eigenvalue weighted by atomic mass is 9.68. The molecule has 37 heavy (non-hydrogen) atoms. The molecule has 0 nitrogen and oxygen atoms in total. The number of rotatable bonds is 20. The van der Waals surface area contributed by atoms with E-state index in [1.807, 2.05) is 0 Å². The van der Waals surface area contributed by atoms with E-state index in [2.05, 4.69) is 104 Å². The third-order valence-electron chi connectivity index (χ3n) is 10.2. The SMILES string of the molecule is CCC(C)CC(C)C(C(C)CC(C)CC)C(C)CC(C)CC.CCC(C)CC(C)CC(C)CC(C)CC. The van der Waals surface area contributed by atoms with Crippen molar-refractivity contribution < 1.29 is 0 Å². The van der Waals surface area contributed by atoms with Crippen molar-refractivity contribution in [1.82, 2.24) is 0 Å². The van der Waals surface area contributed by atoms with Crippen molar-refractivity contribution >= 4 is 0 Å². The van der Waals surface area contributed by atoms with Crippen LogP contribution in [0, 0.1) is 65.1 Å². The highest BCUT2D eigenvalue weighted by atomic mass is 14.4. The molecular weight excluding hydrogens is 444 g/mol. The van der Waals surface area contributed by atoms with Gasteiger partial charge in [-0.3, -0.25) is 0 Å². The lowest BCUT2D eigenvalue weighted by molar-refractivity contribution is 0.119. The molecule has 226 valence electrons. The molecule has 0 aliphatic carbocycles. The molecule has 0 aromatic carbocycles. The zero-order valence-corrected chi connectivity index (χ0v) is 29.1. The van der Waals surface area contributed by atoms with E-state index in [-0.39, 0.29) is 0 Å². The molecule has 0 radical (unpaired) electrons. The van der Waals surface area contributed by atoms with Crippen molar-refractivity contribution in [3.63, 3.8) is 0 Å². The topological polar surface area (TPSA) is 0 Å². The Morgan fingerprint density at radius 2 is 0.459 bits per heavy atom. The highest BCUT2D eigenvalue weighted by Gasteiger charge is 2.30. The molecule has 0 saturated carbocycles. The molecule has 0 aliphatic heterocycles. The lowest BCUT2D eigenvalue weighted by Gasteiger charge is -2.38. The van der Waals surface area contributed by atoms with Crippen LogP contribution in [-0.2, 0) is 0 Å². The fourth-order valence-electron chi connectivity index (χ4n) is 7.14. The van der Waals surface area contributed by atoms with Crippen LogP contribution in [0.2, 0.25) is 0 Å². The maximum atomic E-state index is 2.54. The number of hydrogen-bond acceptors (Lipinski definition) is 0. The van der Waals surface area contributed by atoms with Gasteiger partial charge in [0, 0.05) is 0 Å². The fourth-order valence-corrected chi connectivity index (χ4v) is 7.14. The van der Waals surface area contributed by atoms with Gasteiger partial charge in [0.25, 0.3) is 0 Å². The molecule has 0 aromatic heterocycles. The molecular formula is C37H78. The van der Waals surface area contributed by atoms with E-state index in [4.69, 9.17) is 0 Å². The van der Waals surface area contributed by atoms with Crippen molar-refractivity contribution in [1.29, 1.82) is 0 Å². The van der Waals surface area contributed by atoms with E-state index < -0.39 is 0 Å². The predicted octanol–water partition coefficient (Wildman–Crippen LogP) is 13.3. The first-order chi connectivity index (χ1) is 17.2. The van der Waals surface area contributed by atoms with E-state index >= 15 is 0 Å². The van der Waals surface area contributed by atoms with Crippen LogP contribution < -0.4 is 0 Å². The van der Waals surface area contributed by atoms with Gasteiger partial charge in [0.1, 0.15) is 0 Å². The Kier molecular flexibility index (Phi) is 24.1. The largest absolute Gasteiger partial charge is 0.0651 e. The molecule has 0 aliphatic rings. The first-order valence-corrected chi connectivity index (χ1v) is 17.2. The maximum Gasteiger partial charge on any atom is -0.0337 e. The van der Waals surface area contributed by atoms with E-state index in [0.717, 1.165) is 65.1 Å². The van der Waals surface area contributed by atoms with Gasteiger partial charge >= 0.3 is 0 Å². The smallest absolute Gasteiger partial charge is 0.0337 e. The fraction of sp³-hybridized carbons (Fsp3) is 1.00. The minimum absolute atomic E-state index is 0.869. The van der Waals surface area contributed by atoms with Gasteiger partial charge in [0.2, 0.25) is 0 Å². The second-order valence-corrected chi connectivity index (χ2v) is 14.7. The highest BCUT2D eigenvalue weighted by molar-refractivity contribution is 4.80.